The maximum absolute atomic E-state index is 5.90. The Hall–Kier alpha value is -1.26. The minimum atomic E-state index is -0.120. The minimum Gasteiger partial charge on any atom is -0.493 e. The van der Waals surface area contributed by atoms with Gasteiger partial charge in [-0.3, -0.25) is 0 Å². The van der Waals surface area contributed by atoms with E-state index in [-0.39, 0.29) is 6.29 Å². The average molecular weight is 292 g/mol. The van der Waals surface area contributed by atoms with Gasteiger partial charge in [-0.15, -0.1) is 0 Å². The van der Waals surface area contributed by atoms with E-state index in [1.807, 2.05) is 24.3 Å². The minimum absolute atomic E-state index is 0.120. The lowest BCUT2D eigenvalue weighted by molar-refractivity contribution is -0.0394. The maximum Gasteiger partial charge on any atom is 0.200 e. The summed E-state index contributed by atoms with van der Waals surface area (Å²) in [5, 5.41) is 0. The van der Waals surface area contributed by atoms with Crippen LogP contribution in [0.25, 0.3) is 0 Å². The highest BCUT2D eigenvalue weighted by molar-refractivity contribution is 5.33. The molecule has 4 heteroatoms. The smallest absolute Gasteiger partial charge is 0.200 e. The first-order chi connectivity index (χ1) is 10.3. The molecule has 0 aromatic heterocycles. The Balaban J connectivity index is 1.50. The quantitative estimate of drug-likeness (QED) is 0.835. The Morgan fingerprint density at radius 3 is 2.76 bits per heavy atom. The van der Waals surface area contributed by atoms with E-state index < -0.39 is 0 Å². The summed E-state index contributed by atoms with van der Waals surface area (Å²) < 4.78 is 22.7. The highest BCUT2D eigenvalue weighted by Gasteiger charge is 2.23. The van der Waals surface area contributed by atoms with E-state index in [1.165, 1.54) is 0 Å². The number of benzene rings is 1. The fourth-order valence-corrected chi connectivity index (χ4v) is 2.73. The fraction of sp³-hybridized carbons (Fsp3) is 0.647. The Kier molecular flexibility index (Phi) is 4.99. The van der Waals surface area contributed by atoms with Crippen molar-refractivity contribution >= 4 is 0 Å². The van der Waals surface area contributed by atoms with E-state index >= 15 is 0 Å². The van der Waals surface area contributed by atoms with Crippen LogP contribution in [0.4, 0.5) is 0 Å². The zero-order chi connectivity index (χ0) is 14.5. The molecule has 2 fully saturated rings. The van der Waals surface area contributed by atoms with E-state index in [0.717, 1.165) is 57.2 Å². The Bertz CT molecular complexity index is 442. The van der Waals surface area contributed by atoms with Gasteiger partial charge < -0.3 is 18.9 Å². The molecule has 1 aromatic rings. The topological polar surface area (TPSA) is 36.9 Å². The highest BCUT2D eigenvalue weighted by atomic mass is 16.7. The lowest BCUT2D eigenvalue weighted by atomic mass is 10.0. The first-order valence-electron chi connectivity index (χ1n) is 7.88. The summed E-state index contributed by atoms with van der Waals surface area (Å²) in [6, 6.07) is 7.84. The van der Waals surface area contributed by atoms with Crippen LogP contribution in [0.2, 0.25) is 0 Å². The molecule has 1 aromatic carbocycles. The van der Waals surface area contributed by atoms with Gasteiger partial charge in [0.05, 0.1) is 13.2 Å². The number of hydrogen-bond acceptors (Lipinski definition) is 4. The van der Waals surface area contributed by atoms with Crippen molar-refractivity contribution in [2.45, 2.75) is 32.5 Å². The van der Waals surface area contributed by atoms with Crippen molar-refractivity contribution in [3.8, 4) is 11.5 Å². The molecule has 0 radical (unpaired) electrons. The summed E-state index contributed by atoms with van der Waals surface area (Å²) in [4.78, 5) is 0. The van der Waals surface area contributed by atoms with Crippen LogP contribution in [0, 0.1) is 11.8 Å². The van der Waals surface area contributed by atoms with Crippen molar-refractivity contribution in [1.82, 2.24) is 0 Å². The molecule has 0 aliphatic carbocycles. The van der Waals surface area contributed by atoms with E-state index in [2.05, 4.69) is 6.92 Å². The van der Waals surface area contributed by atoms with Crippen molar-refractivity contribution in [1.29, 1.82) is 0 Å². The zero-order valence-electron chi connectivity index (χ0n) is 12.6. The molecule has 0 saturated carbocycles. The van der Waals surface area contributed by atoms with Gasteiger partial charge in [-0.05, 0) is 36.8 Å². The van der Waals surface area contributed by atoms with Crippen molar-refractivity contribution < 1.29 is 18.9 Å². The standard InChI is InChI=1S/C17H24O4/c1-13-9-17(20-11-13)21-16-4-2-3-15(10-16)19-12-14-5-7-18-8-6-14/h2-4,10,13-14,17H,5-9,11-12H2,1H3/t13-,17?/m1/s1. The van der Waals surface area contributed by atoms with E-state index in [0.29, 0.717) is 11.8 Å². The molecule has 116 valence electrons. The Morgan fingerprint density at radius 2 is 2.00 bits per heavy atom. The van der Waals surface area contributed by atoms with Gasteiger partial charge in [-0.2, -0.15) is 0 Å². The van der Waals surface area contributed by atoms with Crippen LogP contribution in [0.3, 0.4) is 0 Å². The summed E-state index contributed by atoms with van der Waals surface area (Å²) >= 11 is 0. The van der Waals surface area contributed by atoms with E-state index in [9.17, 15) is 0 Å². The molecule has 4 nitrogen and oxygen atoms in total. The van der Waals surface area contributed by atoms with Crippen LogP contribution >= 0.6 is 0 Å². The number of rotatable bonds is 5. The van der Waals surface area contributed by atoms with Crippen molar-refractivity contribution in [3.05, 3.63) is 24.3 Å². The summed E-state index contributed by atoms with van der Waals surface area (Å²) in [5.74, 6) is 2.86. The summed E-state index contributed by atoms with van der Waals surface area (Å²) in [6.07, 6.45) is 3.01. The molecule has 2 aliphatic heterocycles. The molecule has 0 N–H and O–H groups in total. The third kappa shape index (κ3) is 4.35. The molecule has 1 unspecified atom stereocenters. The average Bonchev–Trinajstić information content (AvgIpc) is 2.92. The predicted octanol–water partition coefficient (Wildman–Crippen LogP) is 3.25. The molecule has 2 saturated heterocycles. The van der Waals surface area contributed by atoms with Crippen molar-refractivity contribution in [3.63, 3.8) is 0 Å². The second-order valence-electron chi connectivity index (χ2n) is 6.06. The molecule has 2 aliphatic rings. The largest absolute Gasteiger partial charge is 0.493 e. The molecule has 3 rings (SSSR count). The van der Waals surface area contributed by atoms with E-state index in [1.54, 1.807) is 0 Å². The summed E-state index contributed by atoms with van der Waals surface area (Å²) in [5.41, 5.74) is 0. The van der Waals surface area contributed by atoms with Gasteiger partial charge in [0.15, 0.2) is 6.29 Å². The van der Waals surface area contributed by atoms with Gasteiger partial charge in [0.2, 0.25) is 0 Å². The predicted molar refractivity (Wildman–Crippen MR) is 79.6 cm³/mol. The maximum atomic E-state index is 5.90. The molecular formula is C17H24O4. The van der Waals surface area contributed by atoms with Gasteiger partial charge in [0.25, 0.3) is 0 Å². The first-order valence-corrected chi connectivity index (χ1v) is 7.88. The van der Waals surface area contributed by atoms with Gasteiger partial charge >= 0.3 is 0 Å². The summed E-state index contributed by atoms with van der Waals surface area (Å²) in [7, 11) is 0. The Morgan fingerprint density at radius 1 is 1.19 bits per heavy atom. The zero-order valence-corrected chi connectivity index (χ0v) is 12.6. The molecule has 2 atom stereocenters. The lowest BCUT2D eigenvalue weighted by Crippen LogP contribution is -2.21. The van der Waals surface area contributed by atoms with Gasteiger partial charge in [0, 0.05) is 25.7 Å². The van der Waals surface area contributed by atoms with Gasteiger partial charge in [0.1, 0.15) is 11.5 Å². The third-order valence-electron chi connectivity index (χ3n) is 4.06. The third-order valence-corrected chi connectivity index (χ3v) is 4.06. The summed E-state index contributed by atoms with van der Waals surface area (Å²) in [6.45, 7) is 5.42. The normalized spacial score (nSPS) is 26.7. The van der Waals surface area contributed by atoms with Crippen LogP contribution in [-0.2, 0) is 9.47 Å². The van der Waals surface area contributed by atoms with E-state index in [4.69, 9.17) is 18.9 Å². The fourth-order valence-electron chi connectivity index (χ4n) is 2.73. The van der Waals surface area contributed by atoms with Crippen LogP contribution in [0.1, 0.15) is 26.2 Å². The highest BCUT2D eigenvalue weighted by Crippen LogP contribution is 2.26. The van der Waals surface area contributed by atoms with Crippen LogP contribution < -0.4 is 9.47 Å². The molecule has 0 spiro atoms. The molecule has 0 bridgehead atoms. The second kappa shape index (κ2) is 7.14. The second-order valence-corrected chi connectivity index (χ2v) is 6.06. The van der Waals surface area contributed by atoms with Gasteiger partial charge in [-0.1, -0.05) is 13.0 Å². The molecule has 21 heavy (non-hydrogen) atoms. The van der Waals surface area contributed by atoms with Crippen LogP contribution in [0.5, 0.6) is 11.5 Å². The Labute approximate surface area is 126 Å². The van der Waals surface area contributed by atoms with Crippen molar-refractivity contribution in [2.24, 2.45) is 11.8 Å². The molecule has 0 amide bonds. The van der Waals surface area contributed by atoms with Crippen molar-refractivity contribution in [2.75, 3.05) is 26.4 Å². The first kappa shape index (κ1) is 14.7. The molecule has 2 heterocycles. The van der Waals surface area contributed by atoms with Crippen LogP contribution in [0.15, 0.2) is 24.3 Å². The van der Waals surface area contributed by atoms with Gasteiger partial charge in [-0.25, -0.2) is 0 Å². The molecular weight excluding hydrogens is 268 g/mol. The number of ether oxygens (including phenoxy) is 4. The van der Waals surface area contributed by atoms with Crippen LogP contribution in [-0.4, -0.2) is 32.7 Å². The number of hydrogen-bond donors (Lipinski definition) is 0. The monoisotopic (exact) mass is 292 g/mol. The SMILES string of the molecule is C[C@H]1COC(Oc2cccc(OCC3CCOCC3)c2)C1. The lowest BCUT2D eigenvalue weighted by Gasteiger charge is -2.22.